The van der Waals surface area contributed by atoms with Gasteiger partial charge >= 0.3 is 5.97 Å². The average molecular weight is 252 g/mol. The van der Waals surface area contributed by atoms with E-state index in [1.54, 1.807) is 0 Å². The summed E-state index contributed by atoms with van der Waals surface area (Å²) < 4.78 is 12.8. The molecule has 0 saturated heterocycles. The molecule has 2 rings (SSSR count). The second-order valence-electron chi connectivity index (χ2n) is 3.36. The molecule has 3 nitrogen and oxygen atoms in total. The molecule has 0 bridgehead atoms. The van der Waals surface area contributed by atoms with Crippen molar-refractivity contribution >= 4 is 17.6 Å². The largest absolute Gasteiger partial charge is 0.478 e. The topological polar surface area (TPSA) is 50.2 Å². The van der Waals surface area contributed by atoms with Crippen LogP contribution in [0.2, 0.25) is 5.02 Å². The molecule has 0 aliphatic carbocycles. The number of aromatic nitrogens is 1. The first kappa shape index (κ1) is 11.5. The Labute approximate surface area is 101 Å². The summed E-state index contributed by atoms with van der Waals surface area (Å²) in [5.41, 5.74) is 0.886. The van der Waals surface area contributed by atoms with Gasteiger partial charge in [-0.2, -0.15) is 0 Å². The molecule has 1 N–H and O–H groups in total. The molecule has 1 heterocycles. The molecule has 17 heavy (non-hydrogen) atoms. The number of halogens is 2. The summed E-state index contributed by atoms with van der Waals surface area (Å²) in [6, 6.07) is 5.47. The molecule has 0 fully saturated rings. The van der Waals surface area contributed by atoms with Crippen molar-refractivity contribution in [1.82, 2.24) is 4.98 Å². The SMILES string of the molecule is O=C(O)c1c(Cl)cncc1-c1ccc(F)cc1. The first-order valence-corrected chi connectivity index (χ1v) is 5.10. The van der Waals surface area contributed by atoms with Gasteiger partial charge in [-0.05, 0) is 17.7 Å². The van der Waals surface area contributed by atoms with Crippen LogP contribution in [-0.4, -0.2) is 16.1 Å². The molecule has 0 aliphatic rings. The van der Waals surface area contributed by atoms with Crippen molar-refractivity contribution in [3.05, 3.63) is 53.1 Å². The molecule has 0 amide bonds. The lowest BCUT2D eigenvalue weighted by Crippen LogP contribution is -2.01. The molecule has 86 valence electrons. The summed E-state index contributed by atoms with van der Waals surface area (Å²) in [6.07, 6.45) is 2.65. The van der Waals surface area contributed by atoms with Gasteiger partial charge in [0.1, 0.15) is 5.82 Å². The number of hydrogen-bond donors (Lipinski definition) is 1. The highest BCUT2D eigenvalue weighted by Crippen LogP contribution is 2.28. The minimum absolute atomic E-state index is 0.0340. The summed E-state index contributed by atoms with van der Waals surface area (Å²) in [6.45, 7) is 0. The minimum Gasteiger partial charge on any atom is -0.478 e. The number of rotatable bonds is 2. The van der Waals surface area contributed by atoms with Gasteiger partial charge in [-0.25, -0.2) is 9.18 Å². The number of benzene rings is 1. The van der Waals surface area contributed by atoms with Crippen molar-refractivity contribution in [3.63, 3.8) is 0 Å². The van der Waals surface area contributed by atoms with Gasteiger partial charge in [0.05, 0.1) is 10.6 Å². The van der Waals surface area contributed by atoms with Crippen molar-refractivity contribution < 1.29 is 14.3 Å². The maximum atomic E-state index is 12.8. The predicted molar refractivity (Wildman–Crippen MR) is 61.6 cm³/mol. The van der Waals surface area contributed by atoms with Crippen LogP contribution in [0.15, 0.2) is 36.7 Å². The smallest absolute Gasteiger partial charge is 0.337 e. The Balaban J connectivity index is 2.63. The lowest BCUT2D eigenvalue weighted by atomic mass is 10.0. The van der Waals surface area contributed by atoms with Crippen LogP contribution in [0.3, 0.4) is 0 Å². The average Bonchev–Trinajstić information content (AvgIpc) is 2.29. The van der Waals surface area contributed by atoms with Gasteiger partial charge in [-0.3, -0.25) is 4.98 Å². The highest BCUT2D eigenvalue weighted by molar-refractivity contribution is 6.34. The highest BCUT2D eigenvalue weighted by Gasteiger charge is 2.16. The molecule has 1 aromatic heterocycles. The number of hydrogen-bond acceptors (Lipinski definition) is 2. The molecular weight excluding hydrogens is 245 g/mol. The molecule has 0 radical (unpaired) electrons. The van der Waals surface area contributed by atoms with E-state index in [-0.39, 0.29) is 16.4 Å². The van der Waals surface area contributed by atoms with E-state index in [1.165, 1.54) is 36.7 Å². The van der Waals surface area contributed by atoms with Gasteiger partial charge in [-0.1, -0.05) is 23.7 Å². The molecule has 0 spiro atoms. The van der Waals surface area contributed by atoms with Crippen LogP contribution in [0, 0.1) is 5.82 Å². The third kappa shape index (κ3) is 2.26. The van der Waals surface area contributed by atoms with Crippen molar-refractivity contribution in [3.8, 4) is 11.1 Å². The molecule has 0 aliphatic heterocycles. The quantitative estimate of drug-likeness (QED) is 0.891. The fraction of sp³-hybridized carbons (Fsp3) is 0. The molecule has 5 heteroatoms. The van der Waals surface area contributed by atoms with Gasteiger partial charge in [0, 0.05) is 18.0 Å². The minimum atomic E-state index is -1.14. The zero-order chi connectivity index (χ0) is 12.4. The van der Waals surface area contributed by atoms with Crippen LogP contribution < -0.4 is 0 Å². The zero-order valence-corrected chi connectivity index (χ0v) is 9.28. The van der Waals surface area contributed by atoms with Gasteiger partial charge in [0.15, 0.2) is 0 Å². The second kappa shape index (κ2) is 4.51. The maximum Gasteiger partial charge on any atom is 0.337 e. The van der Waals surface area contributed by atoms with E-state index in [2.05, 4.69) is 4.98 Å². The molecule has 1 aromatic carbocycles. The van der Waals surface area contributed by atoms with Crippen LogP contribution in [0.1, 0.15) is 10.4 Å². The highest BCUT2D eigenvalue weighted by atomic mass is 35.5. The van der Waals surface area contributed by atoms with E-state index in [1.807, 2.05) is 0 Å². The number of carboxylic acids is 1. The fourth-order valence-electron chi connectivity index (χ4n) is 1.50. The van der Waals surface area contributed by atoms with Gasteiger partial charge in [-0.15, -0.1) is 0 Å². The Morgan fingerprint density at radius 2 is 1.88 bits per heavy atom. The van der Waals surface area contributed by atoms with Gasteiger partial charge < -0.3 is 5.11 Å². The molecular formula is C12H7ClFNO2. The first-order chi connectivity index (χ1) is 8.09. The van der Waals surface area contributed by atoms with Crippen molar-refractivity contribution in [2.45, 2.75) is 0 Å². The van der Waals surface area contributed by atoms with E-state index >= 15 is 0 Å². The lowest BCUT2D eigenvalue weighted by Gasteiger charge is -2.07. The Bertz CT molecular complexity index is 569. The Morgan fingerprint density at radius 1 is 1.24 bits per heavy atom. The number of carbonyl (C=O) groups is 1. The van der Waals surface area contributed by atoms with Crippen LogP contribution in [0.5, 0.6) is 0 Å². The van der Waals surface area contributed by atoms with E-state index in [4.69, 9.17) is 16.7 Å². The maximum absolute atomic E-state index is 12.8. The number of nitrogens with zero attached hydrogens (tertiary/aromatic N) is 1. The van der Waals surface area contributed by atoms with E-state index in [0.717, 1.165) is 0 Å². The molecule has 0 unspecified atom stereocenters. The molecule has 0 atom stereocenters. The number of aromatic carboxylic acids is 1. The normalized spacial score (nSPS) is 10.2. The summed E-state index contributed by atoms with van der Waals surface area (Å²) in [4.78, 5) is 14.9. The molecule has 0 saturated carbocycles. The van der Waals surface area contributed by atoms with E-state index in [9.17, 15) is 9.18 Å². The second-order valence-corrected chi connectivity index (χ2v) is 3.76. The Kier molecular flexibility index (Phi) is 3.06. The third-order valence-electron chi connectivity index (χ3n) is 2.27. The van der Waals surface area contributed by atoms with Gasteiger partial charge in [0.2, 0.25) is 0 Å². The van der Waals surface area contributed by atoms with Crippen molar-refractivity contribution in [1.29, 1.82) is 0 Å². The number of carboxylic acid groups (broad SMARTS) is 1. The zero-order valence-electron chi connectivity index (χ0n) is 8.52. The monoisotopic (exact) mass is 251 g/mol. The van der Waals surface area contributed by atoms with E-state index in [0.29, 0.717) is 11.1 Å². The summed E-state index contributed by atoms with van der Waals surface area (Å²) in [7, 11) is 0. The van der Waals surface area contributed by atoms with E-state index < -0.39 is 5.97 Å². The Morgan fingerprint density at radius 3 is 2.47 bits per heavy atom. The van der Waals surface area contributed by atoms with Crippen LogP contribution in [-0.2, 0) is 0 Å². The summed E-state index contributed by atoms with van der Waals surface area (Å²) in [5, 5.41) is 9.13. The van der Waals surface area contributed by atoms with Gasteiger partial charge in [0.25, 0.3) is 0 Å². The summed E-state index contributed by atoms with van der Waals surface area (Å²) in [5.74, 6) is -1.53. The van der Waals surface area contributed by atoms with Crippen LogP contribution >= 0.6 is 11.6 Å². The number of pyridine rings is 1. The standard InChI is InChI=1S/C12H7ClFNO2/c13-10-6-15-5-9(11(10)12(16)17)7-1-3-8(14)4-2-7/h1-6H,(H,16,17). The molecule has 2 aromatic rings. The third-order valence-corrected chi connectivity index (χ3v) is 2.56. The first-order valence-electron chi connectivity index (χ1n) is 4.72. The van der Waals surface area contributed by atoms with Crippen molar-refractivity contribution in [2.75, 3.05) is 0 Å². The van der Waals surface area contributed by atoms with Crippen LogP contribution in [0.4, 0.5) is 4.39 Å². The summed E-state index contributed by atoms with van der Waals surface area (Å²) >= 11 is 5.79. The predicted octanol–water partition coefficient (Wildman–Crippen LogP) is 3.24. The lowest BCUT2D eigenvalue weighted by molar-refractivity contribution is 0.0698. The van der Waals surface area contributed by atoms with Crippen molar-refractivity contribution in [2.24, 2.45) is 0 Å². The fourth-order valence-corrected chi connectivity index (χ4v) is 1.74. The van der Waals surface area contributed by atoms with Crippen LogP contribution in [0.25, 0.3) is 11.1 Å². The Hall–Kier alpha value is -1.94.